The first kappa shape index (κ1) is 18.3. The second-order valence-electron chi connectivity index (χ2n) is 8.71. The lowest BCUT2D eigenvalue weighted by molar-refractivity contribution is -0.130. The molecule has 0 bridgehead atoms. The summed E-state index contributed by atoms with van der Waals surface area (Å²) in [7, 11) is 0. The highest BCUT2D eigenvalue weighted by Crippen LogP contribution is 2.46. The molecule has 2 amide bonds. The van der Waals surface area contributed by atoms with Crippen molar-refractivity contribution >= 4 is 11.8 Å². The highest BCUT2D eigenvalue weighted by molar-refractivity contribution is 5.93. The Morgan fingerprint density at radius 1 is 1.03 bits per heavy atom. The fourth-order valence-corrected chi connectivity index (χ4v) is 5.04. The third-order valence-corrected chi connectivity index (χ3v) is 6.72. The molecule has 1 aliphatic carbocycles. The molecule has 2 aromatic rings. The predicted molar refractivity (Wildman–Crippen MR) is 108 cm³/mol. The first-order valence-electron chi connectivity index (χ1n) is 10.5. The molecule has 2 aliphatic heterocycles. The van der Waals surface area contributed by atoms with Gasteiger partial charge in [0.15, 0.2) is 0 Å². The Hall–Kier alpha value is -2.76. The van der Waals surface area contributed by atoms with Crippen molar-refractivity contribution in [2.75, 3.05) is 19.6 Å². The molecule has 3 fully saturated rings. The molecule has 1 saturated carbocycles. The standard InChI is InChI=1S/C23H26N4O2/c1-14-5-3-4-6-19(14)21-20-13-26(11-18(20)12-27(21)15(2)28)23(29)17-9-24-22(25-10-17)16-7-8-16/h3-6,9-10,16,18,20-21H,7-8,11-13H2,1-2H3/t18-,20-,21-/m1/s1. The molecule has 0 N–H and O–H groups in total. The van der Waals surface area contributed by atoms with Crippen molar-refractivity contribution in [1.29, 1.82) is 0 Å². The zero-order valence-electron chi connectivity index (χ0n) is 16.9. The van der Waals surface area contributed by atoms with E-state index in [1.54, 1.807) is 19.3 Å². The maximum absolute atomic E-state index is 13.1. The highest BCUT2D eigenvalue weighted by atomic mass is 16.2. The summed E-state index contributed by atoms with van der Waals surface area (Å²) in [5.41, 5.74) is 2.95. The van der Waals surface area contributed by atoms with Gasteiger partial charge in [0.25, 0.3) is 5.91 Å². The number of aryl methyl sites for hydroxylation is 1. The number of amides is 2. The summed E-state index contributed by atoms with van der Waals surface area (Å²) >= 11 is 0. The van der Waals surface area contributed by atoms with E-state index < -0.39 is 0 Å². The second kappa shape index (κ2) is 6.94. The lowest BCUT2D eigenvalue weighted by atomic mass is 9.87. The maximum Gasteiger partial charge on any atom is 0.257 e. The summed E-state index contributed by atoms with van der Waals surface area (Å²) < 4.78 is 0. The van der Waals surface area contributed by atoms with Crippen molar-refractivity contribution in [3.63, 3.8) is 0 Å². The van der Waals surface area contributed by atoms with E-state index in [1.165, 1.54) is 11.1 Å². The molecule has 1 aromatic carbocycles. The fraction of sp³-hybridized carbons (Fsp3) is 0.478. The summed E-state index contributed by atoms with van der Waals surface area (Å²) in [6.45, 7) is 5.79. The topological polar surface area (TPSA) is 66.4 Å². The Morgan fingerprint density at radius 2 is 1.76 bits per heavy atom. The van der Waals surface area contributed by atoms with Crippen molar-refractivity contribution in [2.24, 2.45) is 11.8 Å². The minimum absolute atomic E-state index is 0.000319. The van der Waals surface area contributed by atoms with Crippen LogP contribution in [0.1, 0.15) is 59.0 Å². The number of nitrogens with zero attached hydrogens (tertiary/aromatic N) is 4. The van der Waals surface area contributed by atoms with E-state index in [0.717, 1.165) is 18.7 Å². The smallest absolute Gasteiger partial charge is 0.257 e. The molecule has 0 unspecified atom stereocenters. The van der Waals surface area contributed by atoms with Gasteiger partial charge in [-0.15, -0.1) is 0 Å². The summed E-state index contributed by atoms with van der Waals surface area (Å²) in [6, 6.07) is 8.30. The maximum atomic E-state index is 13.1. The largest absolute Gasteiger partial charge is 0.338 e. The van der Waals surface area contributed by atoms with Crippen molar-refractivity contribution in [3.05, 3.63) is 59.2 Å². The van der Waals surface area contributed by atoms with E-state index in [1.807, 2.05) is 21.9 Å². The number of likely N-dealkylation sites (tertiary alicyclic amines) is 2. The van der Waals surface area contributed by atoms with Gasteiger partial charge in [0.1, 0.15) is 5.82 Å². The lowest BCUT2D eigenvalue weighted by Crippen LogP contribution is -2.36. The van der Waals surface area contributed by atoms with Gasteiger partial charge in [0, 0.05) is 56.7 Å². The third kappa shape index (κ3) is 3.20. The number of benzene rings is 1. The van der Waals surface area contributed by atoms with Gasteiger partial charge in [-0.25, -0.2) is 9.97 Å². The van der Waals surface area contributed by atoms with E-state index in [-0.39, 0.29) is 23.8 Å². The Balaban J connectivity index is 1.37. The SMILES string of the molecule is CC(=O)N1C[C@H]2CN(C(=O)c3cnc(C4CC4)nc3)C[C@H]2[C@H]1c1ccccc1C. The van der Waals surface area contributed by atoms with Crippen LogP contribution in [0.25, 0.3) is 0 Å². The Morgan fingerprint density at radius 3 is 2.41 bits per heavy atom. The minimum atomic E-state index is -0.000319. The van der Waals surface area contributed by atoms with Crippen LogP contribution in [0.4, 0.5) is 0 Å². The molecule has 6 heteroatoms. The number of hydrogen-bond acceptors (Lipinski definition) is 4. The number of carbonyl (C=O) groups excluding carboxylic acids is 2. The minimum Gasteiger partial charge on any atom is -0.338 e. The van der Waals surface area contributed by atoms with Gasteiger partial charge in [-0.1, -0.05) is 24.3 Å². The first-order chi connectivity index (χ1) is 14.0. The van der Waals surface area contributed by atoms with Gasteiger partial charge >= 0.3 is 0 Å². The Labute approximate surface area is 170 Å². The predicted octanol–water partition coefficient (Wildman–Crippen LogP) is 2.95. The van der Waals surface area contributed by atoms with Crippen LogP contribution >= 0.6 is 0 Å². The van der Waals surface area contributed by atoms with Crippen LogP contribution in [0.3, 0.4) is 0 Å². The number of fused-ring (bicyclic) bond motifs is 1. The zero-order valence-corrected chi connectivity index (χ0v) is 16.9. The molecule has 0 radical (unpaired) electrons. The normalized spacial score (nSPS) is 25.9. The van der Waals surface area contributed by atoms with Gasteiger partial charge in [-0.05, 0) is 30.9 Å². The molecule has 3 aliphatic rings. The van der Waals surface area contributed by atoms with Crippen LogP contribution in [-0.2, 0) is 4.79 Å². The van der Waals surface area contributed by atoms with Gasteiger partial charge in [-0.2, -0.15) is 0 Å². The Bertz CT molecular complexity index is 954. The van der Waals surface area contributed by atoms with Crippen LogP contribution in [0.5, 0.6) is 0 Å². The molecule has 1 aromatic heterocycles. The van der Waals surface area contributed by atoms with Crippen LogP contribution in [0.15, 0.2) is 36.7 Å². The van der Waals surface area contributed by atoms with Gasteiger partial charge in [0.05, 0.1) is 11.6 Å². The van der Waals surface area contributed by atoms with Crippen molar-refractivity contribution in [3.8, 4) is 0 Å². The number of carbonyl (C=O) groups is 2. The van der Waals surface area contributed by atoms with Crippen molar-refractivity contribution in [1.82, 2.24) is 19.8 Å². The lowest BCUT2D eigenvalue weighted by Gasteiger charge is -2.30. The average Bonchev–Trinajstić information content (AvgIpc) is 3.39. The third-order valence-electron chi connectivity index (χ3n) is 6.72. The number of aromatic nitrogens is 2. The molecule has 3 heterocycles. The van der Waals surface area contributed by atoms with Crippen LogP contribution in [0.2, 0.25) is 0 Å². The summed E-state index contributed by atoms with van der Waals surface area (Å²) in [6.07, 6.45) is 5.65. The average molecular weight is 390 g/mol. The monoisotopic (exact) mass is 390 g/mol. The quantitative estimate of drug-likeness (QED) is 0.808. The van der Waals surface area contributed by atoms with Crippen molar-refractivity contribution in [2.45, 2.75) is 38.6 Å². The molecular formula is C23H26N4O2. The van der Waals surface area contributed by atoms with Gasteiger partial charge in [-0.3, -0.25) is 9.59 Å². The van der Waals surface area contributed by atoms with Gasteiger partial charge in [0.2, 0.25) is 5.91 Å². The van der Waals surface area contributed by atoms with Crippen LogP contribution in [0, 0.1) is 18.8 Å². The molecule has 150 valence electrons. The molecule has 2 saturated heterocycles. The highest BCUT2D eigenvalue weighted by Gasteiger charge is 2.49. The van der Waals surface area contributed by atoms with Gasteiger partial charge < -0.3 is 9.80 Å². The second-order valence-corrected chi connectivity index (χ2v) is 8.71. The van der Waals surface area contributed by atoms with E-state index >= 15 is 0 Å². The van der Waals surface area contributed by atoms with Crippen LogP contribution in [-0.4, -0.2) is 51.2 Å². The Kier molecular flexibility index (Phi) is 4.37. The molecule has 0 spiro atoms. The van der Waals surface area contributed by atoms with E-state index in [0.29, 0.717) is 37.0 Å². The first-order valence-corrected chi connectivity index (χ1v) is 10.5. The summed E-state index contributed by atoms with van der Waals surface area (Å²) in [5.74, 6) is 2.01. The zero-order chi connectivity index (χ0) is 20.1. The van der Waals surface area contributed by atoms with E-state index in [9.17, 15) is 9.59 Å². The summed E-state index contributed by atoms with van der Waals surface area (Å²) in [4.78, 5) is 38.1. The molecule has 6 nitrogen and oxygen atoms in total. The van der Waals surface area contributed by atoms with E-state index in [2.05, 4.69) is 29.0 Å². The van der Waals surface area contributed by atoms with Crippen molar-refractivity contribution < 1.29 is 9.59 Å². The van der Waals surface area contributed by atoms with Crippen LogP contribution < -0.4 is 0 Å². The molecule has 5 rings (SSSR count). The number of rotatable bonds is 3. The molecular weight excluding hydrogens is 364 g/mol. The fourth-order valence-electron chi connectivity index (χ4n) is 5.04. The van der Waals surface area contributed by atoms with E-state index in [4.69, 9.17) is 0 Å². The molecule has 29 heavy (non-hydrogen) atoms. The molecule has 3 atom stereocenters. The number of hydrogen-bond donors (Lipinski definition) is 0. The summed E-state index contributed by atoms with van der Waals surface area (Å²) in [5, 5.41) is 0.